The Labute approximate surface area is 388 Å². The molecule has 0 spiro atoms. The highest BCUT2D eigenvalue weighted by molar-refractivity contribution is 6.20. The molecule has 0 aliphatic rings. The van der Waals surface area contributed by atoms with Gasteiger partial charge in [-0.2, -0.15) is 0 Å². The molecule has 67 heavy (non-hydrogen) atoms. The SMILES string of the molecule is c1ccc(-c2ccccc2-c2cc(-c3ccccc3-c3cccc4c3c3ccccc3n4-c3ccccc3)nc(-c3ccc(-c4c5ccccc5cc5c4ccc4ccccc45)cc3)n2)cc1. The molecule has 3 nitrogen and oxygen atoms in total. The lowest BCUT2D eigenvalue weighted by Crippen LogP contribution is -1.98. The van der Waals surface area contributed by atoms with Gasteiger partial charge in [-0.3, -0.25) is 0 Å². The zero-order chi connectivity index (χ0) is 44.3. The normalized spacial score (nSPS) is 11.6. The summed E-state index contributed by atoms with van der Waals surface area (Å²) < 4.78 is 2.38. The van der Waals surface area contributed by atoms with Gasteiger partial charge in [0.25, 0.3) is 0 Å². The Morgan fingerprint density at radius 1 is 0.284 bits per heavy atom. The van der Waals surface area contributed by atoms with Crippen LogP contribution in [0.2, 0.25) is 0 Å². The van der Waals surface area contributed by atoms with E-state index < -0.39 is 0 Å². The highest BCUT2D eigenvalue weighted by atomic mass is 15.0. The molecule has 11 aromatic carbocycles. The third-order valence-electron chi connectivity index (χ3n) is 13.4. The van der Waals surface area contributed by atoms with E-state index in [-0.39, 0.29) is 0 Å². The van der Waals surface area contributed by atoms with Crippen LogP contribution in [0.15, 0.2) is 249 Å². The van der Waals surface area contributed by atoms with Crippen LogP contribution in [0.5, 0.6) is 0 Å². The molecule has 0 radical (unpaired) electrons. The van der Waals surface area contributed by atoms with E-state index >= 15 is 0 Å². The zero-order valence-corrected chi connectivity index (χ0v) is 36.5. The smallest absolute Gasteiger partial charge is 0.160 e. The second kappa shape index (κ2) is 16.0. The van der Waals surface area contributed by atoms with Gasteiger partial charge in [0.05, 0.1) is 22.4 Å². The van der Waals surface area contributed by atoms with Crippen molar-refractivity contribution in [1.82, 2.24) is 14.5 Å². The van der Waals surface area contributed by atoms with Gasteiger partial charge >= 0.3 is 0 Å². The minimum absolute atomic E-state index is 0.671. The second-order valence-electron chi connectivity index (χ2n) is 17.2. The molecule has 0 aliphatic carbocycles. The molecule has 312 valence electrons. The van der Waals surface area contributed by atoms with Gasteiger partial charge in [0, 0.05) is 33.2 Å². The Kier molecular flexibility index (Phi) is 9.17. The molecule has 0 aliphatic heterocycles. The summed E-state index contributed by atoms with van der Waals surface area (Å²) in [5, 5.41) is 9.87. The molecule has 2 heterocycles. The fraction of sp³-hybridized carbons (Fsp3) is 0. The van der Waals surface area contributed by atoms with Crippen LogP contribution in [0.1, 0.15) is 0 Å². The number of nitrogens with zero attached hydrogens (tertiary/aromatic N) is 3. The number of aromatic nitrogens is 3. The Balaban J connectivity index is 1.01. The molecule has 0 unspecified atom stereocenters. The molecular formula is C64H41N3. The van der Waals surface area contributed by atoms with Crippen LogP contribution in [0.25, 0.3) is 127 Å². The van der Waals surface area contributed by atoms with Crippen LogP contribution >= 0.6 is 0 Å². The standard InChI is InChI=1S/C64H41N3/c1-3-18-42(19-4-1)48-24-11-13-28-52(48)58-41-59(53-29-14-12-27-51(53)54-31-17-33-61-63(54)56-30-15-16-32-60(56)67(61)47-22-5-2-6-23-47)66-64(65-58)45-36-34-44(35-37-45)62-50-26-10-8-21-46(50)40-57-49-25-9-7-20-43(49)38-39-55(57)62/h1-41H. The van der Waals surface area contributed by atoms with Crippen molar-refractivity contribution >= 4 is 54.1 Å². The summed E-state index contributed by atoms with van der Waals surface area (Å²) in [5.41, 5.74) is 15.1. The van der Waals surface area contributed by atoms with Crippen molar-refractivity contribution in [2.45, 2.75) is 0 Å². The number of hydrogen-bond acceptors (Lipinski definition) is 2. The Morgan fingerprint density at radius 3 is 1.60 bits per heavy atom. The van der Waals surface area contributed by atoms with Crippen molar-refractivity contribution in [3.05, 3.63) is 249 Å². The summed E-state index contributed by atoms with van der Waals surface area (Å²) in [6.45, 7) is 0. The number of hydrogen-bond donors (Lipinski definition) is 0. The van der Waals surface area contributed by atoms with E-state index in [1.807, 2.05) is 0 Å². The summed E-state index contributed by atoms with van der Waals surface area (Å²) in [6.07, 6.45) is 0. The first kappa shape index (κ1) is 38.5. The van der Waals surface area contributed by atoms with Crippen LogP contribution < -0.4 is 0 Å². The maximum Gasteiger partial charge on any atom is 0.160 e. The van der Waals surface area contributed by atoms with E-state index in [1.165, 1.54) is 54.2 Å². The third-order valence-corrected chi connectivity index (χ3v) is 13.4. The van der Waals surface area contributed by atoms with E-state index in [0.29, 0.717) is 5.82 Å². The lowest BCUT2D eigenvalue weighted by molar-refractivity contribution is 1.18. The molecule has 0 atom stereocenters. The molecule has 3 heteroatoms. The Hall–Kier alpha value is -8.92. The zero-order valence-electron chi connectivity index (χ0n) is 36.5. The van der Waals surface area contributed by atoms with Crippen molar-refractivity contribution in [2.24, 2.45) is 0 Å². The summed E-state index contributed by atoms with van der Waals surface area (Å²) in [4.78, 5) is 10.9. The lowest BCUT2D eigenvalue weighted by atomic mass is 9.89. The van der Waals surface area contributed by atoms with Gasteiger partial charge in [-0.1, -0.05) is 212 Å². The topological polar surface area (TPSA) is 30.7 Å². The molecule has 13 aromatic rings. The number of para-hydroxylation sites is 2. The van der Waals surface area contributed by atoms with Crippen LogP contribution in [-0.2, 0) is 0 Å². The van der Waals surface area contributed by atoms with Gasteiger partial charge in [-0.05, 0) is 102 Å². The predicted octanol–water partition coefficient (Wildman–Crippen LogP) is 17.0. The Morgan fingerprint density at radius 2 is 0.836 bits per heavy atom. The summed E-state index contributed by atoms with van der Waals surface area (Å²) in [6, 6.07) is 89.3. The molecular weight excluding hydrogens is 811 g/mol. The molecule has 0 bridgehead atoms. The maximum atomic E-state index is 5.50. The van der Waals surface area contributed by atoms with E-state index in [4.69, 9.17) is 9.97 Å². The summed E-state index contributed by atoms with van der Waals surface area (Å²) in [5.74, 6) is 0.671. The van der Waals surface area contributed by atoms with Crippen LogP contribution in [0.4, 0.5) is 0 Å². The van der Waals surface area contributed by atoms with E-state index in [9.17, 15) is 0 Å². The van der Waals surface area contributed by atoms with E-state index in [0.717, 1.165) is 67.1 Å². The van der Waals surface area contributed by atoms with Crippen molar-refractivity contribution in [3.63, 3.8) is 0 Å². The number of rotatable bonds is 7. The number of fused-ring (bicyclic) bond motifs is 7. The first-order valence-electron chi connectivity index (χ1n) is 22.9. The van der Waals surface area contributed by atoms with E-state index in [2.05, 4.69) is 253 Å². The lowest BCUT2D eigenvalue weighted by Gasteiger charge is -2.16. The predicted molar refractivity (Wildman–Crippen MR) is 282 cm³/mol. The van der Waals surface area contributed by atoms with Crippen molar-refractivity contribution in [1.29, 1.82) is 0 Å². The van der Waals surface area contributed by atoms with Gasteiger partial charge in [-0.25, -0.2) is 9.97 Å². The first-order valence-corrected chi connectivity index (χ1v) is 22.9. The van der Waals surface area contributed by atoms with E-state index in [1.54, 1.807) is 0 Å². The van der Waals surface area contributed by atoms with Crippen LogP contribution in [0, 0.1) is 0 Å². The molecule has 2 aromatic heterocycles. The van der Waals surface area contributed by atoms with Gasteiger partial charge in [0.2, 0.25) is 0 Å². The Bertz CT molecular complexity index is 4020. The van der Waals surface area contributed by atoms with Crippen LogP contribution in [0.3, 0.4) is 0 Å². The molecule has 0 saturated carbocycles. The fourth-order valence-corrected chi connectivity index (χ4v) is 10.4. The van der Waals surface area contributed by atoms with Gasteiger partial charge in [0.15, 0.2) is 5.82 Å². The molecule has 0 amide bonds. The third kappa shape index (κ3) is 6.51. The van der Waals surface area contributed by atoms with Gasteiger partial charge in [0.1, 0.15) is 0 Å². The van der Waals surface area contributed by atoms with Gasteiger partial charge < -0.3 is 4.57 Å². The van der Waals surface area contributed by atoms with Crippen LogP contribution in [-0.4, -0.2) is 14.5 Å². The van der Waals surface area contributed by atoms with Crippen molar-refractivity contribution in [2.75, 3.05) is 0 Å². The average molecular weight is 852 g/mol. The second-order valence-corrected chi connectivity index (χ2v) is 17.2. The summed E-state index contributed by atoms with van der Waals surface area (Å²) >= 11 is 0. The molecule has 0 saturated heterocycles. The quantitative estimate of drug-likeness (QED) is 0.118. The molecule has 13 rings (SSSR count). The fourth-order valence-electron chi connectivity index (χ4n) is 10.4. The largest absolute Gasteiger partial charge is 0.309 e. The minimum atomic E-state index is 0.671. The maximum absolute atomic E-state index is 5.50. The van der Waals surface area contributed by atoms with Gasteiger partial charge in [-0.15, -0.1) is 0 Å². The average Bonchev–Trinajstić information content (AvgIpc) is 3.75. The minimum Gasteiger partial charge on any atom is -0.309 e. The van der Waals surface area contributed by atoms with Crippen molar-refractivity contribution in [3.8, 4) is 73.0 Å². The summed E-state index contributed by atoms with van der Waals surface area (Å²) in [7, 11) is 0. The molecule has 0 fully saturated rings. The molecule has 0 N–H and O–H groups in total. The monoisotopic (exact) mass is 851 g/mol. The first-order chi connectivity index (χ1) is 33.2. The number of benzene rings is 11. The van der Waals surface area contributed by atoms with Crippen molar-refractivity contribution < 1.29 is 0 Å². The highest BCUT2D eigenvalue weighted by Gasteiger charge is 2.21. The highest BCUT2D eigenvalue weighted by Crippen LogP contribution is 2.44.